The Morgan fingerprint density at radius 1 is 1.14 bits per heavy atom. The first kappa shape index (κ1) is 26.1. The molecule has 2 aromatic rings. The van der Waals surface area contributed by atoms with Crippen molar-refractivity contribution in [3.8, 4) is 5.75 Å². The number of carbonyl (C=O) groups is 3. The van der Waals surface area contributed by atoms with Crippen molar-refractivity contribution in [2.24, 2.45) is 0 Å². The number of ether oxygens (including phenoxy) is 2. The molecule has 2 fully saturated rings. The van der Waals surface area contributed by atoms with Crippen molar-refractivity contribution in [1.29, 1.82) is 0 Å². The summed E-state index contributed by atoms with van der Waals surface area (Å²) in [5.74, 6) is 0.172. The van der Waals surface area contributed by atoms with Gasteiger partial charge in [-0.25, -0.2) is 0 Å². The second-order valence-electron chi connectivity index (χ2n) is 8.99. The molecule has 2 saturated heterocycles. The van der Waals surface area contributed by atoms with Gasteiger partial charge in [0.05, 0.1) is 24.6 Å². The van der Waals surface area contributed by atoms with Gasteiger partial charge in [0.15, 0.2) is 0 Å². The predicted octanol–water partition coefficient (Wildman–Crippen LogP) is 1.95. The first-order chi connectivity index (χ1) is 17.5. The Morgan fingerprint density at radius 2 is 2.00 bits per heavy atom. The van der Waals surface area contributed by atoms with Gasteiger partial charge in [-0.05, 0) is 49.0 Å². The Bertz CT molecular complexity index is 1040. The van der Waals surface area contributed by atoms with Crippen LogP contribution in [0.15, 0.2) is 41.8 Å². The fourth-order valence-corrected chi connectivity index (χ4v) is 5.56. The quantitative estimate of drug-likeness (QED) is 0.579. The Morgan fingerprint density at radius 3 is 2.75 bits per heavy atom. The fourth-order valence-electron chi connectivity index (χ4n) is 4.88. The minimum Gasteiger partial charge on any atom is -0.497 e. The van der Waals surface area contributed by atoms with Crippen LogP contribution in [-0.2, 0) is 9.53 Å². The SMILES string of the molecule is COCCN(C(=O)c1cccs1)C1CC(C(=O)N2CCCNCC2)N(C(=O)c2cccc(OC)c2)C1. The highest BCUT2D eigenvalue weighted by Crippen LogP contribution is 2.28. The summed E-state index contributed by atoms with van der Waals surface area (Å²) in [6.45, 7) is 3.87. The molecular formula is C26H34N4O5S. The molecule has 1 aromatic heterocycles. The number of hydrogen-bond donors (Lipinski definition) is 1. The van der Waals surface area contributed by atoms with Crippen LogP contribution in [0.2, 0.25) is 0 Å². The first-order valence-corrected chi connectivity index (χ1v) is 13.2. The van der Waals surface area contributed by atoms with E-state index >= 15 is 0 Å². The third-order valence-corrected chi connectivity index (χ3v) is 7.62. The van der Waals surface area contributed by atoms with E-state index in [0.717, 1.165) is 19.5 Å². The molecule has 9 nitrogen and oxygen atoms in total. The highest BCUT2D eigenvalue weighted by atomic mass is 32.1. The van der Waals surface area contributed by atoms with E-state index in [9.17, 15) is 14.4 Å². The number of nitrogens with one attached hydrogen (secondary N) is 1. The Hall–Kier alpha value is -2.95. The molecule has 1 N–H and O–H groups in total. The number of thiophene rings is 1. The van der Waals surface area contributed by atoms with Gasteiger partial charge in [0.1, 0.15) is 11.8 Å². The lowest BCUT2D eigenvalue weighted by atomic mass is 10.1. The molecule has 2 aliphatic heterocycles. The smallest absolute Gasteiger partial charge is 0.264 e. The number of methoxy groups -OCH3 is 2. The van der Waals surface area contributed by atoms with Gasteiger partial charge in [0, 0.05) is 45.4 Å². The zero-order valence-electron chi connectivity index (χ0n) is 20.9. The molecule has 2 aliphatic rings. The average molecular weight is 515 g/mol. The summed E-state index contributed by atoms with van der Waals surface area (Å²) in [6.07, 6.45) is 1.25. The summed E-state index contributed by atoms with van der Waals surface area (Å²) in [5.41, 5.74) is 0.457. The van der Waals surface area contributed by atoms with Gasteiger partial charge in [-0.2, -0.15) is 0 Å². The van der Waals surface area contributed by atoms with E-state index in [4.69, 9.17) is 9.47 Å². The maximum atomic E-state index is 13.8. The van der Waals surface area contributed by atoms with Gasteiger partial charge in [0.25, 0.3) is 11.8 Å². The Kier molecular flexibility index (Phi) is 8.95. The molecule has 0 saturated carbocycles. The molecule has 36 heavy (non-hydrogen) atoms. The second-order valence-corrected chi connectivity index (χ2v) is 9.94. The van der Waals surface area contributed by atoms with Crippen molar-refractivity contribution >= 4 is 29.1 Å². The van der Waals surface area contributed by atoms with Gasteiger partial charge in [-0.1, -0.05) is 12.1 Å². The molecule has 0 aliphatic carbocycles. The number of amides is 3. The summed E-state index contributed by atoms with van der Waals surface area (Å²) in [5, 5.41) is 5.19. The van der Waals surface area contributed by atoms with Crippen molar-refractivity contribution in [3.63, 3.8) is 0 Å². The Labute approximate surface area is 215 Å². The minimum absolute atomic E-state index is 0.0623. The standard InChI is InChI=1S/C26H34N4O5S/c1-34-14-13-29(26(33)23-8-4-15-36-23)20-17-22(25(32)28-11-5-9-27-10-12-28)30(18-20)24(31)19-6-3-7-21(16-19)35-2/h3-4,6-8,15-16,20,22,27H,5,9-14,17-18H2,1-2H3. The first-order valence-electron chi connectivity index (χ1n) is 12.3. The van der Waals surface area contributed by atoms with Crippen LogP contribution in [0.3, 0.4) is 0 Å². The third-order valence-electron chi connectivity index (χ3n) is 6.76. The number of benzene rings is 1. The van der Waals surface area contributed by atoms with E-state index in [1.54, 1.807) is 54.4 Å². The molecule has 2 unspecified atom stereocenters. The lowest BCUT2D eigenvalue weighted by molar-refractivity contribution is -0.135. The molecule has 0 spiro atoms. The largest absolute Gasteiger partial charge is 0.497 e. The van der Waals surface area contributed by atoms with E-state index in [-0.39, 0.29) is 30.3 Å². The maximum Gasteiger partial charge on any atom is 0.264 e. The van der Waals surface area contributed by atoms with E-state index in [1.165, 1.54) is 11.3 Å². The van der Waals surface area contributed by atoms with Gasteiger partial charge in [-0.3, -0.25) is 14.4 Å². The summed E-state index contributed by atoms with van der Waals surface area (Å²) < 4.78 is 10.6. The van der Waals surface area contributed by atoms with Crippen LogP contribution in [-0.4, -0.2) is 105 Å². The molecule has 1 aromatic carbocycles. The predicted molar refractivity (Wildman–Crippen MR) is 138 cm³/mol. The van der Waals surface area contributed by atoms with Gasteiger partial charge in [-0.15, -0.1) is 11.3 Å². The van der Waals surface area contributed by atoms with Crippen LogP contribution in [0.25, 0.3) is 0 Å². The van der Waals surface area contributed by atoms with Gasteiger partial charge >= 0.3 is 0 Å². The normalized spacial score (nSPS) is 20.2. The summed E-state index contributed by atoms with van der Waals surface area (Å²) in [7, 11) is 3.15. The topological polar surface area (TPSA) is 91.4 Å². The fraction of sp³-hybridized carbons (Fsp3) is 0.500. The number of rotatable bonds is 8. The van der Waals surface area contributed by atoms with Crippen LogP contribution < -0.4 is 10.1 Å². The molecule has 10 heteroatoms. The molecule has 4 rings (SSSR count). The number of hydrogen-bond acceptors (Lipinski definition) is 7. The second kappa shape index (κ2) is 12.3. The number of nitrogens with zero attached hydrogens (tertiary/aromatic N) is 3. The molecule has 0 radical (unpaired) electrons. The highest BCUT2D eigenvalue weighted by Gasteiger charge is 2.44. The van der Waals surface area contributed by atoms with E-state index < -0.39 is 6.04 Å². The zero-order chi connectivity index (χ0) is 25.5. The van der Waals surface area contributed by atoms with E-state index in [0.29, 0.717) is 48.9 Å². The van der Waals surface area contributed by atoms with Crippen LogP contribution in [0.1, 0.15) is 32.9 Å². The van der Waals surface area contributed by atoms with Gasteiger partial charge < -0.3 is 29.5 Å². The van der Waals surface area contributed by atoms with Crippen molar-refractivity contribution in [2.75, 3.05) is 60.1 Å². The summed E-state index contributed by atoms with van der Waals surface area (Å²) in [6, 6.07) is 9.66. The monoisotopic (exact) mass is 514 g/mol. The average Bonchev–Trinajstić information content (AvgIpc) is 3.52. The van der Waals surface area contributed by atoms with Crippen molar-refractivity contribution < 1.29 is 23.9 Å². The molecule has 0 bridgehead atoms. The summed E-state index contributed by atoms with van der Waals surface area (Å²) in [4.78, 5) is 46.8. The van der Waals surface area contributed by atoms with Crippen LogP contribution in [0, 0.1) is 0 Å². The van der Waals surface area contributed by atoms with E-state index in [1.807, 2.05) is 16.3 Å². The van der Waals surface area contributed by atoms with Crippen LogP contribution in [0.5, 0.6) is 5.75 Å². The Balaban J connectivity index is 1.63. The van der Waals surface area contributed by atoms with E-state index in [2.05, 4.69) is 5.32 Å². The number of carbonyl (C=O) groups excluding carboxylic acids is 3. The van der Waals surface area contributed by atoms with Crippen molar-refractivity contribution in [3.05, 3.63) is 52.2 Å². The minimum atomic E-state index is -0.645. The highest BCUT2D eigenvalue weighted by molar-refractivity contribution is 7.12. The van der Waals surface area contributed by atoms with Crippen molar-refractivity contribution in [1.82, 2.24) is 20.0 Å². The number of likely N-dealkylation sites (tertiary alicyclic amines) is 1. The van der Waals surface area contributed by atoms with Gasteiger partial charge in [0.2, 0.25) is 5.91 Å². The molecule has 2 atom stereocenters. The third kappa shape index (κ3) is 5.88. The zero-order valence-corrected chi connectivity index (χ0v) is 21.7. The lowest BCUT2D eigenvalue weighted by Gasteiger charge is -2.29. The molecular weight excluding hydrogens is 480 g/mol. The maximum absolute atomic E-state index is 13.8. The lowest BCUT2D eigenvalue weighted by Crippen LogP contribution is -2.48. The molecule has 3 heterocycles. The van der Waals surface area contributed by atoms with Crippen LogP contribution in [0.4, 0.5) is 0 Å². The van der Waals surface area contributed by atoms with Crippen molar-refractivity contribution in [2.45, 2.75) is 24.9 Å². The molecule has 194 valence electrons. The summed E-state index contributed by atoms with van der Waals surface area (Å²) >= 11 is 1.38. The van der Waals surface area contributed by atoms with Crippen LogP contribution >= 0.6 is 11.3 Å². The molecule has 3 amide bonds.